The molecule has 2 aromatic heterocycles. The molecule has 2 aromatic rings. The Kier molecular flexibility index (Phi) is 6.45. The second-order valence-corrected chi connectivity index (χ2v) is 6.76. The molecule has 5 nitrogen and oxygen atoms in total. The van der Waals surface area contributed by atoms with Gasteiger partial charge in [-0.1, -0.05) is 0 Å². The molecule has 0 aliphatic heterocycles. The minimum atomic E-state index is 0.357. The fourth-order valence-corrected chi connectivity index (χ4v) is 3.28. The van der Waals surface area contributed by atoms with Crippen molar-refractivity contribution < 1.29 is 0 Å². The van der Waals surface area contributed by atoms with Crippen molar-refractivity contribution in [2.24, 2.45) is 4.99 Å². The van der Waals surface area contributed by atoms with Crippen LogP contribution in [0.3, 0.4) is 0 Å². The van der Waals surface area contributed by atoms with Crippen molar-refractivity contribution in [3.8, 4) is 0 Å². The number of rotatable bonds is 7. The molecule has 0 amide bonds. The Morgan fingerprint density at radius 2 is 2.32 bits per heavy atom. The molecule has 2 rings (SSSR count). The zero-order valence-corrected chi connectivity index (χ0v) is 14.4. The van der Waals surface area contributed by atoms with E-state index in [4.69, 9.17) is 0 Å². The van der Waals surface area contributed by atoms with Crippen LogP contribution < -0.4 is 10.6 Å². The smallest absolute Gasteiger partial charge is 0.191 e. The third-order valence-electron chi connectivity index (χ3n) is 3.33. The van der Waals surface area contributed by atoms with Crippen LogP contribution >= 0.6 is 11.3 Å². The van der Waals surface area contributed by atoms with Gasteiger partial charge in [0.25, 0.3) is 0 Å². The van der Waals surface area contributed by atoms with E-state index in [9.17, 15) is 0 Å². The van der Waals surface area contributed by atoms with Gasteiger partial charge in [0.1, 0.15) is 0 Å². The first kappa shape index (κ1) is 16.5. The first-order valence-corrected chi connectivity index (χ1v) is 8.49. The van der Waals surface area contributed by atoms with Crippen LogP contribution in [0, 0.1) is 6.92 Å². The standard InChI is InChI=1S/C16H25N5S/c1-13(12-15-7-6-14(2)22-15)20-16(17-3)18-8-4-10-21-11-5-9-19-21/h5-7,9,11,13H,4,8,10,12H2,1-3H3,(H2,17,18,20). The number of nitrogens with one attached hydrogen (secondary N) is 2. The summed E-state index contributed by atoms with van der Waals surface area (Å²) in [7, 11) is 1.81. The van der Waals surface area contributed by atoms with Gasteiger partial charge in [0, 0.05) is 54.7 Å². The zero-order valence-electron chi connectivity index (χ0n) is 13.5. The van der Waals surface area contributed by atoms with Gasteiger partial charge in [-0.25, -0.2) is 0 Å². The second kappa shape index (κ2) is 8.58. The maximum atomic E-state index is 4.28. The summed E-state index contributed by atoms with van der Waals surface area (Å²) in [5, 5.41) is 11.0. The largest absolute Gasteiger partial charge is 0.356 e. The summed E-state index contributed by atoms with van der Waals surface area (Å²) >= 11 is 1.86. The van der Waals surface area contributed by atoms with E-state index < -0.39 is 0 Å². The molecule has 120 valence electrons. The monoisotopic (exact) mass is 319 g/mol. The maximum absolute atomic E-state index is 4.28. The summed E-state index contributed by atoms with van der Waals surface area (Å²) in [6.07, 6.45) is 5.83. The molecule has 0 saturated carbocycles. The average molecular weight is 319 g/mol. The molecule has 1 atom stereocenters. The van der Waals surface area contributed by atoms with Gasteiger partial charge in [0.15, 0.2) is 5.96 Å². The van der Waals surface area contributed by atoms with Crippen LogP contribution in [0.1, 0.15) is 23.1 Å². The number of aliphatic imine (C=N–C) groups is 1. The lowest BCUT2D eigenvalue weighted by Crippen LogP contribution is -2.43. The molecule has 0 aliphatic rings. The van der Waals surface area contributed by atoms with Crippen molar-refractivity contribution in [3.63, 3.8) is 0 Å². The Hall–Kier alpha value is -1.82. The molecule has 0 aromatic carbocycles. The lowest BCUT2D eigenvalue weighted by Gasteiger charge is -2.17. The number of thiophene rings is 1. The van der Waals surface area contributed by atoms with E-state index in [2.05, 4.69) is 46.7 Å². The van der Waals surface area contributed by atoms with Crippen LogP contribution in [0.4, 0.5) is 0 Å². The third kappa shape index (κ3) is 5.52. The number of aryl methyl sites for hydroxylation is 2. The predicted octanol–water partition coefficient (Wildman–Crippen LogP) is 2.44. The van der Waals surface area contributed by atoms with E-state index >= 15 is 0 Å². The number of hydrogen-bond donors (Lipinski definition) is 2. The summed E-state index contributed by atoms with van der Waals surface area (Å²) in [5.41, 5.74) is 0. The van der Waals surface area contributed by atoms with Crippen LogP contribution in [0.15, 0.2) is 35.6 Å². The Morgan fingerprint density at radius 3 is 2.95 bits per heavy atom. The van der Waals surface area contributed by atoms with E-state index in [1.54, 1.807) is 0 Å². The molecule has 2 N–H and O–H groups in total. The van der Waals surface area contributed by atoms with E-state index in [1.807, 2.05) is 41.5 Å². The van der Waals surface area contributed by atoms with Crippen LogP contribution in [-0.2, 0) is 13.0 Å². The van der Waals surface area contributed by atoms with Crippen LogP contribution in [-0.4, -0.2) is 35.4 Å². The number of hydrogen-bond acceptors (Lipinski definition) is 3. The average Bonchev–Trinajstić information content (AvgIpc) is 3.14. The summed E-state index contributed by atoms with van der Waals surface area (Å²) in [6.45, 7) is 6.13. The van der Waals surface area contributed by atoms with Crippen molar-refractivity contribution in [2.75, 3.05) is 13.6 Å². The van der Waals surface area contributed by atoms with Gasteiger partial charge in [0.05, 0.1) is 0 Å². The summed E-state index contributed by atoms with van der Waals surface area (Å²) in [5.74, 6) is 0.862. The van der Waals surface area contributed by atoms with E-state index in [0.29, 0.717) is 6.04 Å². The van der Waals surface area contributed by atoms with E-state index in [0.717, 1.165) is 31.9 Å². The fraction of sp³-hybridized carbons (Fsp3) is 0.500. The molecular formula is C16H25N5S. The van der Waals surface area contributed by atoms with Gasteiger partial charge < -0.3 is 10.6 Å². The Labute approximate surface area is 136 Å². The Bertz CT molecular complexity index is 573. The Morgan fingerprint density at radius 1 is 1.45 bits per heavy atom. The molecule has 0 spiro atoms. The first-order valence-electron chi connectivity index (χ1n) is 7.67. The van der Waals surface area contributed by atoms with Crippen molar-refractivity contribution in [1.82, 2.24) is 20.4 Å². The molecule has 6 heteroatoms. The van der Waals surface area contributed by atoms with Gasteiger partial charge in [0.2, 0.25) is 0 Å². The van der Waals surface area contributed by atoms with Gasteiger partial charge in [-0.3, -0.25) is 9.67 Å². The van der Waals surface area contributed by atoms with Gasteiger partial charge in [-0.2, -0.15) is 5.10 Å². The molecule has 1 unspecified atom stereocenters. The fourth-order valence-electron chi connectivity index (χ4n) is 2.26. The highest BCUT2D eigenvalue weighted by atomic mass is 32.1. The predicted molar refractivity (Wildman–Crippen MR) is 93.6 cm³/mol. The molecule has 0 fully saturated rings. The van der Waals surface area contributed by atoms with Crippen molar-refractivity contribution >= 4 is 17.3 Å². The molecule has 0 radical (unpaired) electrons. The SMILES string of the molecule is CN=C(NCCCn1cccn1)NC(C)Cc1ccc(C)s1. The highest BCUT2D eigenvalue weighted by Crippen LogP contribution is 2.16. The minimum Gasteiger partial charge on any atom is -0.356 e. The summed E-state index contributed by atoms with van der Waals surface area (Å²) < 4.78 is 1.94. The quantitative estimate of drug-likeness (QED) is 0.468. The van der Waals surface area contributed by atoms with Gasteiger partial charge >= 0.3 is 0 Å². The van der Waals surface area contributed by atoms with Crippen molar-refractivity contribution in [3.05, 3.63) is 40.3 Å². The lowest BCUT2D eigenvalue weighted by molar-refractivity contribution is 0.565. The van der Waals surface area contributed by atoms with Crippen molar-refractivity contribution in [1.29, 1.82) is 0 Å². The van der Waals surface area contributed by atoms with Crippen molar-refractivity contribution in [2.45, 2.75) is 39.3 Å². The van der Waals surface area contributed by atoms with Gasteiger partial charge in [-0.05, 0) is 38.5 Å². The molecule has 2 heterocycles. The summed E-state index contributed by atoms with van der Waals surface area (Å²) in [6, 6.07) is 6.69. The molecule has 0 saturated heterocycles. The highest BCUT2D eigenvalue weighted by molar-refractivity contribution is 7.11. The highest BCUT2D eigenvalue weighted by Gasteiger charge is 2.07. The maximum Gasteiger partial charge on any atom is 0.191 e. The lowest BCUT2D eigenvalue weighted by atomic mass is 10.2. The minimum absolute atomic E-state index is 0.357. The molecule has 0 bridgehead atoms. The Balaban J connectivity index is 1.67. The topological polar surface area (TPSA) is 54.2 Å². The third-order valence-corrected chi connectivity index (χ3v) is 4.35. The van der Waals surface area contributed by atoms with E-state index in [1.165, 1.54) is 9.75 Å². The normalized spacial score (nSPS) is 13.1. The van der Waals surface area contributed by atoms with Crippen LogP contribution in [0.5, 0.6) is 0 Å². The number of nitrogens with zero attached hydrogens (tertiary/aromatic N) is 3. The van der Waals surface area contributed by atoms with Gasteiger partial charge in [-0.15, -0.1) is 11.3 Å². The van der Waals surface area contributed by atoms with Crippen LogP contribution in [0.25, 0.3) is 0 Å². The second-order valence-electron chi connectivity index (χ2n) is 5.38. The number of guanidine groups is 1. The first-order chi connectivity index (χ1) is 10.7. The zero-order chi connectivity index (χ0) is 15.8. The molecular weight excluding hydrogens is 294 g/mol. The number of aromatic nitrogens is 2. The summed E-state index contributed by atoms with van der Waals surface area (Å²) in [4.78, 5) is 7.06. The molecule has 0 aliphatic carbocycles. The molecule has 22 heavy (non-hydrogen) atoms. The van der Waals surface area contributed by atoms with Crippen LogP contribution in [0.2, 0.25) is 0 Å². The van der Waals surface area contributed by atoms with E-state index in [-0.39, 0.29) is 0 Å².